The second-order valence-corrected chi connectivity index (χ2v) is 5.67. The molecular weight excluding hydrogens is 330 g/mol. The minimum Gasteiger partial charge on any atom is -0.467 e. The van der Waals surface area contributed by atoms with E-state index >= 15 is 0 Å². The van der Waals surface area contributed by atoms with E-state index in [1.54, 1.807) is 0 Å². The topological polar surface area (TPSA) is 84.3 Å². The lowest BCUT2D eigenvalue weighted by atomic mass is 10.0. The van der Waals surface area contributed by atoms with E-state index in [0.717, 1.165) is 16.7 Å². The van der Waals surface area contributed by atoms with Crippen LogP contribution in [-0.4, -0.2) is 34.6 Å². The van der Waals surface area contributed by atoms with Gasteiger partial charge in [0, 0.05) is 18.9 Å². The maximum Gasteiger partial charge on any atom is 0.316 e. The largest absolute Gasteiger partial charge is 0.467 e. The number of nitrogens with one attached hydrogen (secondary N) is 1. The summed E-state index contributed by atoms with van der Waals surface area (Å²) in [5.74, 6) is -0.354. The zero-order chi connectivity index (χ0) is 18.4. The van der Waals surface area contributed by atoms with E-state index in [4.69, 9.17) is 4.74 Å². The average molecular weight is 349 g/mol. The van der Waals surface area contributed by atoms with Crippen molar-refractivity contribution in [2.24, 2.45) is 0 Å². The Kier molecular flexibility index (Phi) is 5.56. The molecule has 1 heterocycles. The Morgan fingerprint density at radius 1 is 1.04 bits per heavy atom. The number of benzene rings is 2. The second-order valence-electron chi connectivity index (χ2n) is 5.67. The zero-order valence-electron chi connectivity index (χ0n) is 14.3. The van der Waals surface area contributed by atoms with Crippen molar-refractivity contribution < 1.29 is 14.6 Å². The van der Waals surface area contributed by atoms with Crippen molar-refractivity contribution in [1.82, 2.24) is 15.3 Å². The van der Waals surface area contributed by atoms with Crippen molar-refractivity contribution in [3.63, 3.8) is 0 Å². The first-order valence-electron chi connectivity index (χ1n) is 8.15. The third-order valence-electron chi connectivity index (χ3n) is 3.93. The van der Waals surface area contributed by atoms with E-state index in [1.165, 1.54) is 19.5 Å². The van der Waals surface area contributed by atoms with Gasteiger partial charge in [0.2, 0.25) is 0 Å². The first kappa shape index (κ1) is 17.6. The summed E-state index contributed by atoms with van der Waals surface area (Å²) in [6.07, 6.45) is 1.95. The fourth-order valence-corrected chi connectivity index (χ4v) is 2.48. The Morgan fingerprint density at radius 2 is 1.65 bits per heavy atom. The maximum absolute atomic E-state index is 12.1. The molecule has 0 saturated carbocycles. The molecular formula is C20H19N3O3. The molecule has 1 unspecified atom stereocenters. The third-order valence-corrected chi connectivity index (χ3v) is 3.93. The summed E-state index contributed by atoms with van der Waals surface area (Å²) in [7, 11) is 1.45. The van der Waals surface area contributed by atoms with Crippen LogP contribution in [-0.2, 0) is 0 Å². The number of hydrogen-bond acceptors (Lipinski definition) is 5. The van der Waals surface area contributed by atoms with Gasteiger partial charge in [-0.2, -0.15) is 0 Å². The first-order valence-corrected chi connectivity index (χ1v) is 8.15. The van der Waals surface area contributed by atoms with Gasteiger partial charge in [-0.1, -0.05) is 54.6 Å². The predicted octanol–water partition coefficient (Wildman–Crippen LogP) is 2.62. The highest BCUT2D eigenvalue weighted by molar-refractivity contribution is 5.93. The summed E-state index contributed by atoms with van der Waals surface area (Å²) in [6, 6.07) is 17.8. The van der Waals surface area contributed by atoms with E-state index in [9.17, 15) is 9.90 Å². The van der Waals surface area contributed by atoms with Crippen molar-refractivity contribution in [2.45, 2.75) is 6.10 Å². The molecule has 0 bridgehead atoms. The Morgan fingerprint density at radius 3 is 2.27 bits per heavy atom. The van der Waals surface area contributed by atoms with Crippen LogP contribution in [0.4, 0.5) is 0 Å². The number of rotatable bonds is 6. The number of aliphatic hydroxyl groups excluding tert-OH is 1. The van der Waals surface area contributed by atoms with E-state index in [0.29, 0.717) is 5.56 Å². The molecule has 0 fully saturated rings. The van der Waals surface area contributed by atoms with Crippen LogP contribution < -0.4 is 10.1 Å². The van der Waals surface area contributed by atoms with Crippen LogP contribution >= 0.6 is 0 Å². The van der Waals surface area contributed by atoms with Gasteiger partial charge >= 0.3 is 6.01 Å². The molecule has 6 heteroatoms. The van der Waals surface area contributed by atoms with Gasteiger partial charge in [-0.3, -0.25) is 4.79 Å². The van der Waals surface area contributed by atoms with Crippen LogP contribution in [0.5, 0.6) is 6.01 Å². The summed E-state index contributed by atoms with van der Waals surface area (Å²) in [5.41, 5.74) is 3.22. The molecule has 26 heavy (non-hydrogen) atoms. The van der Waals surface area contributed by atoms with Crippen LogP contribution in [0.3, 0.4) is 0 Å². The van der Waals surface area contributed by atoms with Crippen LogP contribution in [0.1, 0.15) is 22.0 Å². The monoisotopic (exact) mass is 349 g/mol. The van der Waals surface area contributed by atoms with Gasteiger partial charge in [0.25, 0.3) is 5.91 Å². The van der Waals surface area contributed by atoms with Crippen LogP contribution in [0, 0.1) is 0 Å². The van der Waals surface area contributed by atoms with Crippen molar-refractivity contribution in [3.05, 3.63) is 78.1 Å². The van der Waals surface area contributed by atoms with Gasteiger partial charge in [-0.15, -0.1) is 0 Å². The fourth-order valence-electron chi connectivity index (χ4n) is 2.48. The molecule has 1 amide bonds. The molecule has 3 aromatic rings. The van der Waals surface area contributed by atoms with E-state index in [2.05, 4.69) is 15.3 Å². The van der Waals surface area contributed by atoms with Crippen LogP contribution in [0.25, 0.3) is 11.1 Å². The molecule has 0 aliphatic rings. The number of hydrogen-bond donors (Lipinski definition) is 2. The van der Waals surface area contributed by atoms with Gasteiger partial charge in [0.05, 0.1) is 18.8 Å². The summed E-state index contributed by atoms with van der Waals surface area (Å²) in [6.45, 7) is 0.0928. The minimum absolute atomic E-state index is 0.0928. The molecule has 2 N–H and O–H groups in total. The molecule has 132 valence electrons. The molecule has 1 atom stereocenters. The average Bonchev–Trinajstić information content (AvgIpc) is 2.72. The predicted molar refractivity (Wildman–Crippen MR) is 97.8 cm³/mol. The van der Waals surface area contributed by atoms with Gasteiger partial charge < -0.3 is 15.2 Å². The molecule has 6 nitrogen and oxygen atoms in total. The zero-order valence-corrected chi connectivity index (χ0v) is 14.3. The lowest BCUT2D eigenvalue weighted by molar-refractivity contribution is 0.0915. The molecule has 0 saturated heterocycles. The summed E-state index contributed by atoms with van der Waals surface area (Å²) in [4.78, 5) is 19.8. The van der Waals surface area contributed by atoms with Crippen molar-refractivity contribution in [3.8, 4) is 17.1 Å². The molecule has 3 rings (SSSR count). The SMILES string of the molecule is COc1ncc(C(=O)NCC(O)c2ccc(-c3ccccc3)cc2)cn1. The van der Waals surface area contributed by atoms with E-state index in [1.807, 2.05) is 54.6 Å². The second kappa shape index (κ2) is 8.22. The van der Waals surface area contributed by atoms with Crippen molar-refractivity contribution in [1.29, 1.82) is 0 Å². The van der Waals surface area contributed by atoms with Crippen LogP contribution in [0.15, 0.2) is 67.0 Å². The molecule has 0 spiro atoms. The number of aromatic nitrogens is 2. The molecule has 0 aliphatic heterocycles. The minimum atomic E-state index is -0.803. The number of amides is 1. The quantitative estimate of drug-likeness (QED) is 0.715. The molecule has 0 radical (unpaired) electrons. The highest BCUT2D eigenvalue weighted by atomic mass is 16.5. The Labute approximate surface area is 151 Å². The van der Waals surface area contributed by atoms with Gasteiger partial charge in [-0.05, 0) is 16.7 Å². The molecule has 1 aromatic heterocycles. The summed E-state index contributed by atoms with van der Waals surface area (Å²) >= 11 is 0. The molecule has 0 aliphatic carbocycles. The number of ether oxygens (including phenoxy) is 1. The van der Waals surface area contributed by atoms with E-state index in [-0.39, 0.29) is 18.5 Å². The fraction of sp³-hybridized carbons (Fsp3) is 0.150. The van der Waals surface area contributed by atoms with Crippen molar-refractivity contribution in [2.75, 3.05) is 13.7 Å². The van der Waals surface area contributed by atoms with Gasteiger partial charge in [0.15, 0.2) is 0 Å². The lowest BCUT2D eigenvalue weighted by Crippen LogP contribution is -2.28. The van der Waals surface area contributed by atoms with Gasteiger partial charge in [-0.25, -0.2) is 9.97 Å². The smallest absolute Gasteiger partial charge is 0.316 e. The summed E-state index contributed by atoms with van der Waals surface area (Å²) in [5, 5.41) is 13.0. The van der Waals surface area contributed by atoms with Gasteiger partial charge in [0.1, 0.15) is 0 Å². The Balaban J connectivity index is 1.59. The first-order chi connectivity index (χ1) is 12.7. The number of carbonyl (C=O) groups excluding carboxylic acids is 1. The number of aliphatic hydroxyl groups is 1. The Bertz CT molecular complexity index is 850. The highest BCUT2D eigenvalue weighted by Gasteiger charge is 2.12. The van der Waals surface area contributed by atoms with Crippen molar-refractivity contribution >= 4 is 5.91 Å². The van der Waals surface area contributed by atoms with Crippen LogP contribution in [0.2, 0.25) is 0 Å². The maximum atomic E-state index is 12.1. The molecule has 2 aromatic carbocycles. The summed E-state index contributed by atoms with van der Waals surface area (Å²) < 4.78 is 4.85. The standard InChI is InChI=1S/C20H19N3O3/c1-26-20-22-11-17(12-23-20)19(25)21-13-18(24)16-9-7-15(8-10-16)14-5-3-2-4-6-14/h2-12,18,24H,13H2,1H3,(H,21,25). The normalized spacial score (nSPS) is 11.6. The van der Waals surface area contributed by atoms with E-state index < -0.39 is 6.10 Å². The third kappa shape index (κ3) is 4.23. The lowest BCUT2D eigenvalue weighted by Gasteiger charge is -2.13. The Hall–Kier alpha value is -3.25. The number of carbonyl (C=O) groups is 1. The number of nitrogens with zero attached hydrogens (tertiary/aromatic N) is 2. The highest BCUT2D eigenvalue weighted by Crippen LogP contribution is 2.21. The number of methoxy groups -OCH3 is 1.